The van der Waals surface area contributed by atoms with Gasteiger partial charge in [0.05, 0.1) is 12.1 Å². The largest absolute Gasteiger partial charge is 0.387 e. The molecule has 0 bridgehead atoms. The third-order valence-electron chi connectivity index (χ3n) is 4.65. The third kappa shape index (κ3) is 3.29. The Labute approximate surface area is 116 Å². The van der Waals surface area contributed by atoms with E-state index in [1.165, 1.54) is 6.42 Å². The summed E-state index contributed by atoms with van der Waals surface area (Å²) in [5, 5.41) is 10.2. The number of β-amino-alcohol motifs (C(OH)–C–C–N with tert-alkyl or cyclic N) is 1. The zero-order valence-corrected chi connectivity index (χ0v) is 12.7. The van der Waals surface area contributed by atoms with Crippen LogP contribution in [0.2, 0.25) is 0 Å². The Morgan fingerprint density at radius 2 is 1.79 bits per heavy atom. The van der Waals surface area contributed by atoms with Gasteiger partial charge in [0.2, 0.25) is 5.91 Å². The summed E-state index contributed by atoms with van der Waals surface area (Å²) in [4.78, 5) is 16.3. The molecular formula is C15H28N2O2. The third-order valence-corrected chi connectivity index (χ3v) is 4.65. The second kappa shape index (κ2) is 5.41. The summed E-state index contributed by atoms with van der Waals surface area (Å²) in [6, 6.07) is 0. The molecule has 2 rings (SSSR count). The summed E-state index contributed by atoms with van der Waals surface area (Å²) in [5.41, 5.74) is -0.581. The van der Waals surface area contributed by atoms with Crippen molar-refractivity contribution >= 4 is 5.91 Å². The Morgan fingerprint density at radius 1 is 1.26 bits per heavy atom. The lowest BCUT2D eigenvalue weighted by Crippen LogP contribution is -2.66. The van der Waals surface area contributed by atoms with E-state index in [4.69, 9.17) is 0 Å². The maximum Gasteiger partial charge on any atom is 0.236 e. The van der Waals surface area contributed by atoms with Gasteiger partial charge in [0.15, 0.2) is 0 Å². The molecule has 0 aliphatic carbocycles. The van der Waals surface area contributed by atoms with Crippen molar-refractivity contribution in [1.82, 2.24) is 9.80 Å². The number of likely N-dealkylation sites (tertiary alicyclic amines) is 2. The van der Waals surface area contributed by atoms with Crippen LogP contribution in [0.25, 0.3) is 0 Å². The van der Waals surface area contributed by atoms with Gasteiger partial charge in [-0.05, 0) is 24.2 Å². The molecule has 19 heavy (non-hydrogen) atoms. The van der Waals surface area contributed by atoms with Crippen LogP contribution in [0, 0.1) is 17.8 Å². The van der Waals surface area contributed by atoms with Crippen molar-refractivity contribution in [2.45, 2.75) is 39.7 Å². The minimum absolute atomic E-state index is 0.226. The van der Waals surface area contributed by atoms with Crippen LogP contribution in [0.3, 0.4) is 0 Å². The minimum atomic E-state index is -0.581. The number of aliphatic hydroxyl groups is 1. The standard InChI is InChI=1S/C15H28N2O2/c1-11(2)15(19)9-16(10-15)8-14(18)17-6-12(3)5-13(4)7-17/h11-13,19H,5-10H2,1-4H3. The molecule has 2 fully saturated rings. The van der Waals surface area contributed by atoms with E-state index in [-0.39, 0.29) is 11.8 Å². The predicted octanol–water partition coefficient (Wildman–Crippen LogP) is 1.19. The lowest BCUT2D eigenvalue weighted by atomic mass is 9.83. The minimum Gasteiger partial charge on any atom is -0.387 e. The molecule has 2 aliphatic heterocycles. The first kappa shape index (κ1) is 14.8. The summed E-state index contributed by atoms with van der Waals surface area (Å²) in [7, 11) is 0. The average Bonchev–Trinajstić information content (AvgIpc) is 2.24. The fraction of sp³-hybridized carbons (Fsp3) is 0.933. The molecule has 0 radical (unpaired) electrons. The molecule has 2 aliphatic rings. The lowest BCUT2D eigenvalue weighted by Gasteiger charge is -2.49. The summed E-state index contributed by atoms with van der Waals surface area (Å²) in [5.74, 6) is 1.70. The van der Waals surface area contributed by atoms with Crippen molar-refractivity contribution < 1.29 is 9.90 Å². The van der Waals surface area contributed by atoms with Gasteiger partial charge in [0.1, 0.15) is 0 Å². The second-order valence-corrected chi connectivity index (χ2v) is 7.15. The summed E-state index contributed by atoms with van der Waals surface area (Å²) in [6.07, 6.45) is 1.22. The number of rotatable bonds is 3. The highest BCUT2D eigenvalue weighted by Crippen LogP contribution is 2.28. The Morgan fingerprint density at radius 3 is 2.26 bits per heavy atom. The van der Waals surface area contributed by atoms with Gasteiger partial charge < -0.3 is 10.0 Å². The van der Waals surface area contributed by atoms with Gasteiger partial charge in [0, 0.05) is 26.2 Å². The van der Waals surface area contributed by atoms with Gasteiger partial charge in [-0.25, -0.2) is 0 Å². The molecule has 0 aromatic rings. The van der Waals surface area contributed by atoms with Gasteiger partial charge in [-0.1, -0.05) is 27.7 Å². The van der Waals surface area contributed by atoms with Crippen LogP contribution in [0.1, 0.15) is 34.1 Å². The molecule has 110 valence electrons. The van der Waals surface area contributed by atoms with E-state index in [0.717, 1.165) is 13.1 Å². The SMILES string of the molecule is CC1CC(C)CN(C(=O)CN2CC(O)(C(C)C)C2)C1. The summed E-state index contributed by atoms with van der Waals surface area (Å²) in [6.45, 7) is 12.0. The number of carbonyl (C=O) groups excluding carboxylic acids is 1. The fourth-order valence-electron chi connectivity index (χ4n) is 3.36. The molecule has 0 aromatic heterocycles. The highest BCUT2D eigenvalue weighted by molar-refractivity contribution is 5.78. The topological polar surface area (TPSA) is 43.8 Å². The van der Waals surface area contributed by atoms with Crippen LogP contribution in [0.5, 0.6) is 0 Å². The lowest BCUT2D eigenvalue weighted by molar-refractivity contribution is -0.151. The maximum absolute atomic E-state index is 12.3. The van der Waals surface area contributed by atoms with Crippen molar-refractivity contribution in [3.05, 3.63) is 0 Å². The number of hydrogen-bond acceptors (Lipinski definition) is 3. The predicted molar refractivity (Wildman–Crippen MR) is 75.8 cm³/mol. The van der Waals surface area contributed by atoms with Crippen LogP contribution >= 0.6 is 0 Å². The molecule has 2 atom stereocenters. The smallest absolute Gasteiger partial charge is 0.236 e. The van der Waals surface area contributed by atoms with Crippen LogP contribution in [0.4, 0.5) is 0 Å². The summed E-state index contributed by atoms with van der Waals surface area (Å²) < 4.78 is 0. The molecule has 4 heteroatoms. The molecule has 0 saturated carbocycles. The van der Waals surface area contributed by atoms with Crippen molar-refractivity contribution in [1.29, 1.82) is 0 Å². The fourth-order valence-corrected chi connectivity index (χ4v) is 3.36. The first-order valence-electron chi connectivity index (χ1n) is 7.52. The molecule has 1 N–H and O–H groups in total. The Kier molecular flexibility index (Phi) is 4.21. The van der Waals surface area contributed by atoms with Gasteiger partial charge >= 0.3 is 0 Å². The number of piperidine rings is 1. The number of carbonyl (C=O) groups is 1. The average molecular weight is 268 g/mol. The Balaban J connectivity index is 1.80. The Bertz CT molecular complexity index is 327. The molecular weight excluding hydrogens is 240 g/mol. The quantitative estimate of drug-likeness (QED) is 0.836. The maximum atomic E-state index is 12.3. The zero-order valence-electron chi connectivity index (χ0n) is 12.7. The van der Waals surface area contributed by atoms with Crippen LogP contribution in [-0.2, 0) is 4.79 Å². The number of nitrogens with zero attached hydrogens (tertiary/aromatic N) is 2. The summed E-state index contributed by atoms with van der Waals surface area (Å²) >= 11 is 0. The van der Waals surface area contributed by atoms with Crippen molar-refractivity contribution in [2.24, 2.45) is 17.8 Å². The van der Waals surface area contributed by atoms with E-state index in [2.05, 4.69) is 18.7 Å². The first-order chi connectivity index (χ1) is 8.80. The van der Waals surface area contributed by atoms with E-state index >= 15 is 0 Å². The molecule has 2 saturated heterocycles. The van der Waals surface area contributed by atoms with E-state index in [0.29, 0.717) is 31.5 Å². The first-order valence-corrected chi connectivity index (χ1v) is 7.52. The molecule has 2 heterocycles. The highest BCUT2D eigenvalue weighted by atomic mass is 16.3. The van der Waals surface area contributed by atoms with E-state index in [1.807, 2.05) is 18.7 Å². The van der Waals surface area contributed by atoms with Crippen LogP contribution in [0.15, 0.2) is 0 Å². The van der Waals surface area contributed by atoms with Gasteiger partial charge in [-0.15, -0.1) is 0 Å². The van der Waals surface area contributed by atoms with Gasteiger partial charge in [0.25, 0.3) is 0 Å². The van der Waals surface area contributed by atoms with Crippen molar-refractivity contribution in [2.75, 3.05) is 32.7 Å². The molecule has 0 aromatic carbocycles. The molecule has 2 unspecified atom stereocenters. The molecule has 4 nitrogen and oxygen atoms in total. The van der Waals surface area contributed by atoms with Crippen molar-refractivity contribution in [3.63, 3.8) is 0 Å². The zero-order chi connectivity index (χ0) is 14.2. The van der Waals surface area contributed by atoms with E-state index < -0.39 is 5.60 Å². The van der Waals surface area contributed by atoms with Gasteiger partial charge in [-0.3, -0.25) is 9.69 Å². The van der Waals surface area contributed by atoms with Crippen LogP contribution in [-0.4, -0.2) is 59.1 Å². The monoisotopic (exact) mass is 268 g/mol. The number of amides is 1. The molecule has 1 amide bonds. The van der Waals surface area contributed by atoms with Crippen LogP contribution < -0.4 is 0 Å². The second-order valence-electron chi connectivity index (χ2n) is 7.15. The van der Waals surface area contributed by atoms with Gasteiger partial charge in [-0.2, -0.15) is 0 Å². The number of hydrogen-bond donors (Lipinski definition) is 1. The highest BCUT2D eigenvalue weighted by Gasteiger charge is 2.44. The van der Waals surface area contributed by atoms with E-state index in [9.17, 15) is 9.90 Å². The Hall–Kier alpha value is -0.610. The van der Waals surface area contributed by atoms with E-state index in [1.54, 1.807) is 0 Å². The normalized spacial score (nSPS) is 31.4. The van der Waals surface area contributed by atoms with Crippen molar-refractivity contribution in [3.8, 4) is 0 Å². The molecule has 0 spiro atoms.